The van der Waals surface area contributed by atoms with Gasteiger partial charge in [-0.1, -0.05) is 25.4 Å². The molecule has 2 aromatic rings. The highest BCUT2D eigenvalue weighted by molar-refractivity contribution is 7.28. The molecule has 0 radical (unpaired) electrons. The van der Waals surface area contributed by atoms with E-state index in [0.717, 1.165) is 41.1 Å². The van der Waals surface area contributed by atoms with Gasteiger partial charge < -0.3 is 10.2 Å². The van der Waals surface area contributed by atoms with Crippen molar-refractivity contribution < 1.29 is 39.3 Å². The topological polar surface area (TPSA) is 124 Å². The third-order valence-electron chi connectivity index (χ3n) is 4.36. The molecule has 182 valence electrons. The average Bonchev–Trinajstić information content (AvgIpc) is 2.79. The van der Waals surface area contributed by atoms with Gasteiger partial charge >= 0.3 is 0 Å². The van der Waals surface area contributed by atoms with Crippen LogP contribution in [0.2, 0.25) is 5.02 Å². The molecule has 3 N–H and O–H groups in total. The predicted molar refractivity (Wildman–Crippen MR) is 125 cm³/mol. The number of rotatable bonds is 15. The van der Waals surface area contributed by atoms with E-state index in [1.54, 1.807) is 0 Å². The zero-order valence-electron chi connectivity index (χ0n) is 18.1. The highest BCUT2D eigenvalue weighted by Crippen LogP contribution is 2.25. The maximum atomic E-state index is 7.64. The molecule has 0 bridgehead atoms. The summed E-state index contributed by atoms with van der Waals surface area (Å²) in [6.45, 7) is 10.1. The van der Waals surface area contributed by atoms with Gasteiger partial charge in [0.25, 0.3) is 0 Å². The summed E-state index contributed by atoms with van der Waals surface area (Å²) in [6.07, 6.45) is 4.21. The first-order valence-corrected chi connectivity index (χ1v) is 11.9. The highest BCUT2D eigenvalue weighted by Gasteiger charge is 2.07. The maximum Gasteiger partial charge on any atom is 0.235 e. The normalized spacial score (nSPS) is 12.7. The number of aromatic nitrogens is 1. The van der Waals surface area contributed by atoms with E-state index in [0.29, 0.717) is 6.04 Å². The molecule has 0 fully saturated rings. The van der Waals surface area contributed by atoms with Crippen molar-refractivity contribution in [1.29, 1.82) is 0 Å². The predicted octanol–water partition coefficient (Wildman–Crippen LogP) is 5.60. The second-order valence-electron chi connectivity index (χ2n) is 6.39. The molecule has 1 aromatic heterocycles. The Hall–Kier alpha value is -0.780. The number of nitrogens with one attached hydrogen (secondary N) is 1. The molecule has 1 aromatic carbocycles. The summed E-state index contributed by atoms with van der Waals surface area (Å²) in [6, 6.07) is 8.35. The Morgan fingerprint density at radius 3 is 2.56 bits per heavy atom. The van der Waals surface area contributed by atoms with E-state index in [1.807, 2.05) is 30.5 Å². The van der Waals surface area contributed by atoms with Crippen molar-refractivity contribution in [3.8, 4) is 0 Å². The smallest absolute Gasteiger partial charge is 0.235 e. The molecule has 32 heavy (non-hydrogen) atoms. The Morgan fingerprint density at radius 1 is 1.12 bits per heavy atom. The third-order valence-corrected chi connectivity index (χ3v) is 5.27. The van der Waals surface area contributed by atoms with Crippen LogP contribution in [0.3, 0.4) is 0 Å². The summed E-state index contributed by atoms with van der Waals surface area (Å²) < 4.78 is 15.5. The van der Waals surface area contributed by atoms with Crippen LogP contribution in [0.1, 0.15) is 33.6 Å². The molecule has 0 saturated heterocycles. The molecule has 0 aliphatic heterocycles. The largest absolute Gasteiger partial charge is 0.382 e. The number of benzene rings is 1. The summed E-state index contributed by atoms with van der Waals surface area (Å²) in [4.78, 5) is 6.86. The van der Waals surface area contributed by atoms with E-state index in [2.05, 4.69) is 64.7 Å². The van der Waals surface area contributed by atoms with Crippen molar-refractivity contribution in [3.63, 3.8) is 0 Å². The number of nitrogens with zero attached hydrogens (tertiary/aromatic N) is 2. The summed E-state index contributed by atoms with van der Waals surface area (Å²) in [7, 11) is -1.34. The van der Waals surface area contributed by atoms with Gasteiger partial charge in [-0.05, 0) is 73.7 Å². The molecule has 0 aliphatic rings. The van der Waals surface area contributed by atoms with Crippen LogP contribution in [0.5, 0.6) is 0 Å². The van der Waals surface area contributed by atoms with Gasteiger partial charge in [0.1, 0.15) is 0 Å². The fourth-order valence-electron chi connectivity index (χ4n) is 2.84. The molecule has 3 unspecified atom stereocenters. The number of pyridine rings is 1. The van der Waals surface area contributed by atoms with Crippen molar-refractivity contribution >= 4 is 46.3 Å². The first kappa shape index (κ1) is 29.3. The molecular weight excluding hydrogens is 484 g/mol. The molecule has 0 amide bonds. The number of hydrogen-bond acceptors (Lipinski definition) is 11. The van der Waals surface area contributed by atoms with E-state index in [4.69, 9.17) is 22.1 Å². The van der Waals surface area contributed by atoms with Gasteiger partial charge in [0.15, 0.2) is 0 Å². The highest BCUT2D eigenvalue weighted by atomic mass is 35.5. The lowest BCUT2D eigenvalue weighted by Gasteiger charge is -2.20. The molecule has 1 heterocycles. The van der Waals surface area contributed by atoms with Crippen molar-refractivity contribution in [2.24, 2.45) is 0 Å². The Labute approximate surface area is 195 Å². The molecule has 11 nitrogen and oxygen atoms in total. The molecule has 3 atom stereocenters. The molecule has 0 saturated carbocycles. The summed E-state index contributed by atoms with van der Waals surface area (Å²) in [5, 5.41) is 27.1. The minimum atomic E-state index is -0.672. The first-order chi connectivity index (χ1) is 15.5. The quantitative estimate of drug-likeness (QED) is 0.119. The number of halogens is 1. The van der Waals surface area contributed by atoms with Gasteiger partial charge in [-0.25, -0.2) is 10.5 Å². The summed E-state index contributed by atoms with van der Waals surface area (Å²) in [5.74, 6) is 0. The minimum Gasteiger partial charge on any atom is -0.382 e. The fraction of sp³-hybridized carbons (Fsp3) is 0.500. The SMILES string of the molecule is CCN(CC)CCCC(C)Nc1ccnc2cc(Cl)ccc12.OOOOPOOPOO. The van der Waals surface area contributed by atoms with E-state index >= 15 is 0 Å². The van der Waals surface area contributed by atoms with Crippen LogP contribution in [0, 0.1) is 0 Å². The fourth-order valence-corrected chi connectivity index (χ4v) is 3.39. The van der Waals surface area contributed by atoms with Crippen LogP contribution in [0.4, 0.5) is 5.69 Å². The molecular formula is C18H30ClN3O8P2. The van der Waals surface area contributed by atoms with Crippen molar-refractivity contribution in [3.05, 3.63) is 35.5 Å². The van der Waals surface area contributed by atoms with Gasteiger partial charge in [-0.15, -0.1) is 0 Å². The Kier molecular flexibility index (Phi) is 17.0. The lowest BCUT2D eigenvalue weighted by molar-refractivity contribution is -0.594. The Morgan fingerprint density at radius 2 is 1.88 bits per heavy atom. The second kappa shape index (κ2) is 18.6. The Bertz CT molecular complexity index is 740. The van der Waals surface area contributed by atoms with Crippen LogP contribution in [-0.4, -0.2) is 46.1 Å². The number of anilines is 1. The average molecular weight is 514 g/mol. The lowest BCUT2D eigenvalue weighted by atomic mass is 10.1. The number of hydrogen-bond donors (Lipinski definition) is 3. The molecule has 14 heteroatoms. The van der Waals surface area contributed by atoms with Gasteiger partial charge in [-0.3, -0.25) is 4.98 Å². The summed E-state index contributed by atoms with van der Waals surface area (Å²) >= 11 is 6.04. The van der Waals surface area contributed by atoms with Gasteiger partial charge in [0, 0.05) is 28.3 Å². The lowest BCUT2D eigenvalue weighted by Crippen LogP contribution is -2.25. The molecule has 0 aliphatic carbocycles. The van der Waals surface area contributed by atoms with Crippen LogP contribution in [-0.2, 0) is 28.8 Å². The van der Waals surface area contributed by atoms with E-state index < -0.39 is 18.1 Å². The van der Waals surface area contributed by atoms with Crippen molar-refractivity contribution in [1.82, 2.24) is 9.88 Å². The van der Waals surface area contributed by atoms with Crippen molar-refractivity contribution in [2.75, 3.05) is 25.0 Å². The van der Waals surface area contributed by atoms with Crippen LogP contribution >= 0.6 is 29.7 Å². The minimum absolute atomic E-state index is 0.442. The van der Waals surface area contributed by atoms with E-state index in [9.17, 15) is 0 Å². The first-order valence-electron chi connectivity index (χ1n) is 9.85. The van der Waals surface area contributed by atoms with Crippen LogP contribution < -0.4 is 5.32 Å². The standard InChI is InChI=1S/C18H26ClN3.H4O8P2/c1-4-22(5-2)12-6-7-14(3)21-17-10-11-20-18-13-15(19)8-9-16(17)18;1-3-5-6-10-8-7-9-4-2/h8-11,13-14H,4-7,12H2,1-3H3,(H,20,21);1-2,9-10H. The third kappa shape index (κ3) is 12.5. The van der Waals surface area contributed by atoms with Gasteiger partial charge in [0.05, 0.1) is 5.52 Å². The zero-order valence-corrected chi connectivity index (χ0v) is 20.9. The van der Waals surface area contributed by atoms with E-state index in [-0.39, 0.29) is 0 Å². The van der Waals surface area contributed by atoms with Gasteiger partial charge in [0.2, 0.25) is 18.1 Å². The van der Waals surface area contributed by atoms with Crippen molar-refractivity contribution in [2.45, 2.75) is 39.7 Å². The van der Waals surface area contributed by atoms with E-state index in [1.165, 1.54) is 13.0 Å². The Balaban J connectivity index is 0.000000433. The second-order valence-corrected chi connectivity index (χ2v) is 7.84. The van der Waals surface area contributed by atoms with Crippen LogP contribution in [0.15, 0.2) is 30.5 Å². The summed E-state index contributed by atoms with van der Waals surface area (Å²) in [5.41, 5.74) is 2.07. The monoisotopic (exact) mass is 513 g/mol. The number of fused-ring (bicyclic) bond motifs is 1. The maximum absolute atomic E-state index is 7.64. The zero-order chi connectivity index (χ0) is 23.6. The molecule has 0 spiro atoms. The van der Waals surface area contributed by atoms with Crippen LogP contribution in [0.25, 0.3) is 10.9 Å². The van der Waals surface area contributed by atoms with Gasteiger partial charge in [-0.2, -0.15) is 18.7 Å². The molecule has 2 rings (SSSR count).